The highest BCUT2D eigenvalue weighted by Crippen LogP contribution is 2.08. The summed E-state index contributed by atoms with van der Waals surface area (Å²) in [5.41, 5.74) is 5.66. The summed E-state index contributed by atoms with van der Waals surface area (Å²) in [7, 11) is 5.66. The first-order chi connectivity index (χ1) is 8.03. The summed E-state index contributed by atoms with van der Waals surface area (Å²) in [4.78, 5) is 22.3. The minimum atomic E-state index is -1.24. The lowest BCUT2D eigenvalue weighted by atomic mass is 10.1. The Balaban J connectivity index is 4.59. The van der Waals surface area contributed by atoms with Gasteiger partial charge in [0.05, 0.1) is 21.1 Å². The van der Waals surface area contributed by atoms with Crippen LogP contribution in [0.15, 0.2) is 0 Å². The van der Waals surface area contributed by atoms with Crippen molar-refractivity contribution >= 4 is 11.9 Å². The number of rotatable bonds is 7. The second kappa shape index (κ2) is 6.70. The third-order valence-electron chi connectivity index (χ3n) is 2.42. The minimum Gasteiger partial charge on any atom is -0.550 e. The molecule has 0 aromatic rings. The average Bonchev–Trinajstić information content (AvgIpc) is 2.11. The van der Waals surface area contributed by atoms with Crippen LogP contribution in [0.25, 0.3) is 0 Å². The minimum absolute atomic E-state index is 0.0507. The number of quaternary nitrogens is 1. The molecule has 0 fully saturated rings. The molecule has 0 heterocycles. The second-order valence-electron chi connectivity index (χ2n) is 5.88. The van der Waals surface area contributed by atoms with Gasteiger partial charge in [0, 0.05) is 12.4 Å². The van der Waals surface area contributed by atoms with E-state index in [1.807, 2.05) is 21.1 Å². The number of aliphatic carboxylic acids is 1. The number of esters is 1. The highest BCUT2D eigenvalue weighted by Gasteiger charge is 2.26. The van der Waals surface area contributed by atoms with Crippen molar-refractivity contribution in [2.45, 2.75) is 32.4 Å². The zero-order valence-electron chi connectivity index (χ0n) is 11.8. The van der Waals surface area contributed by atoms with Crippen molar-refractivity contribution in [3.8, 4) is 0 Å². The second-order valence-corrected chi connectivity index (χ2v) is 5.88. The molecule has 0 amide bonds. The molecule has 0 rings (SSSR count). The Kier molecular flexibility index (Phi) is 6.28. The zero-order valence-corrected chi connectivity index (χ0v) is 11.8. The first kappa shape index (κ1) is 16.9. The molecule has 0 aliphatic carbocycles. The van der Waals surface area contributed by atoms with Gasteiger partial charge in [0.1, 0.15) is 12.6 Å². The average molecular weight is 260 g/mol. The smallest absolute Gasteiger partial charge is 0.323 e. The molecule has 0 bridgehead atoms. The fourth-order valence-corrected chi connectivity index (χ4v) is 1.46. The monoisotopic (exact) mass is 260 g/mol. The third-order valence-corrected chi connectivity index (χ3v) is 2.42. The normalized spacial score (nSPS) is 15.3. The Morgan fingerprint density at radius 1 is 1.28 bits per heavy atom. The largest absolute Gasteiger partial charge is 0.550 e. The SMILES string of the molecule is CC(C)[C@H](N)C(=O)O[C@H](CC(=O)[O-])C[N+](C)(C)C. The van der Waals surface area contributed by atoms with Crippen LogP contribution in [0.5, 0.6) is 0 Å². The molecule has 2 N–H and O–H groups in total. The molecular formula is C12H24N2O4. The number of hydrogen-bond acceptors (Lipinski definition) is 5. The van der Waals surface area contributed by atoms with Crippen LogP contribution >= 0.6 is 0 Å². The van der Waals surface area contributed by atoms with Crippen molar-refractivity contribution in [1.82, 2.24) is 0 Å². The van der Waals surface area contributed by atoms with Gasteiger partial charge in [-0.05, 0) is 5.92 Å². The summed E-state index contributed by atoms with van der Waals surface area (Å²) in [6, 6.07) is -0.735. The molecule has 0 aromatic heterocycles. The molecule has 0 radical (unpaired) electrons. The van der Waals surface area contributed by atoms with Gasteiger partial charge in [-0.3, -0.25) is 4.79 Å². The summed E-state index contributed by atoms with van der Waals surface area (Å²) >= 11 is 0. The van der Waals surface area contributed by atoms with Crippen LogP contribution in [0.1, 0.15) is 20.3 Å². The molecule has 0 unspecified atom stereocenters. The summed E-state index contributed by atoms with van der Waals surface area (Å²) in [6.45, 7) is 4.00. The molecule has 0 saturated carbocycles. The van der Waals surface area contributed by atoms with Gasteiger partial charge in [0.25, 0.3) is 0 Å². The number of nitrogens with two attached hydrogens (primary N) is 1. The Morgan fingerprint density at radius 2 is 1.78 bits per heavy atom. The molecule has 106 valence electrons. The molecule has 0 spiro atoms. The third kappa shape index (κ3) is 7.24. The predicted molar refractivity (Wildman–Crippen MR) is 65.2 cm³/mol. The molecule has 2 atom stereocenters. The lowest BCUT2D eigenvalue weighted by Gasteiger charge is -2.30. The van der Waals surface area contributed by atoms with Crippen molar-refractivity contribution in [3.05, 3.63) is 0 Å². The highest BCUT2D eigenvalue weighted by molar-refractivity contribution is 5.76. The van der Waals surface area contributed by atoms with Crippen molar-refractivity contribution < 1.29 is 23.9 Å². The predicted octanol–water partition coefficient (Wildman–Crippen LogP) is -1.27. The fourth-order valence-electron chi connectivity index (χ4n) is 1.46. The molecule has 0 aliphatic rings. The maximum Gasteiger partial charge on any atom is 0.323 e. The summed E-state index contributed by atoms with van der Waals surface area (Å²) in [5.74, 6) is -1.85. The van der Waals surface area contributed by atoms with E-state index in [9.17, 15) is 14.7 Å². The quantitative estimate of drug-likeness (QED) is 0.455. The molecule has 6 heteroatoms. The van der Waals surface area contributed by atoms with Crippen LogP contribution in [0, 0.1) is 5.92 Å². The van der Waals surface area contributed by atoms with Gasteiger partial charge in [-0.2, -0.15) is 0 Å². The van der Waals surface area contributed by atoms with Gasteiger partial charge in [0.15, 0.2) is 6.10 Å². The van der Waals surface area contributed by atoms with Gasteiger partial charge < -0.3 is 24.9 Å². The van der Waals surface area contributed by atoms with Gasteiger partial charge in [-0.1, -0.05) is 13.8 Å². The molecule has 0 saturated heterocycles. The van der Waals surface area contributed by atoms with Crippen LogP contribution < -0.4 is 10.8 Å². The van der Waals surface area contributed by atoms with Crippen molar-refractivity contribution in [3.63, 3.8) is 0 Å². The van der Waals surface area contributed by atoms with Crippen LogP contribution in [-0.4, -0.2) is 56.3 Å². The van der Waals surface area contributed by atoms with E-state index in [0.717, 1.165) is 0 Å². The Hall–Kier alpha value is -1.14. The summed E-state index contributed by atoms with van der Waals surface area (Å²) in [5, 5.41) is 10.6. The van der Waals surface area contributed by atoms with Gasteiger partial charge >= 0.3 is 5.97 Å². The topological polar surface area (TPSA) is 92.5 Å². The molecule has 6 nitrogen and oxygen atoms in total. The maximum atomic E-state index is 11.7. The standard InChI is InChI=1S/C12H24N2O4/c1-8(2)11(13)12(17)18-9(6-10(15)16)7-14(3,4)5/h8-9,11H,6-7,13H2,1-5H3/t9-,11+/m1/s1. The number of ether oxygens (including phenoxy) is 1. The van der Waals surface area contributed by atoms with Gasteiger partial charge in [-0.25, -0.2) is 0 Å². The van der Waals surface area contributed by atoms with E-state index in [0.29, 0.717) is 11.0 Å². The van der Waals surface area contributed by atoms with Crippen LogP contribution in [0.4, 0.5) is 0 Å². The lowest BCUT2D eigenvalue weighted by Crippen LogP contribution is -2.47. The maximum absolute atomic E-state index is 11.7. The Bertz CT molecular complexity index is 297. The van der Waals surface area contributed by atoms with E-state index in [1.165, 1.54) is 0 Å². The van der Waals surface area contributed by atoms with Crippen molar-refractivity contribution in [1.29, 1.82) is 0 Å². The van der Waals surface area contributed by atoms with E-state index in [4.69, 9.17) is 10.5 Å². The summed E-state index contributed by atoms with van der Waals surface area (Å²) < 4.78 is 5.65. The first-order valence-corrected chi connectivity index (χ1v) is 5.99. The summed E-state index contributed by atoms with van der Waals surface area (Å²) in [6.07, 6.45) is -1.03. The highest BCUT2D eigenvalue weighted by atomic mass is 16.5. The Labute approximate surface area is 108 Å². The van der Waals surface area contributed by atoms with Crippen LogP contribution in [0.2, 0.25) is 0 Å². The molecule has 0 aromatic carbocycles. The van der Waals surface area contributed by atoms with Crippen molar-refractivity contribution in [2.75, 3.05) is 27.7 Å². The number of likely N-dealkylation sites (N-methyl/N-ethyl adjacent to an activating group) is 1. The number of hydrogen-bond donors (Lipinski definition) is 1. The van der Waals surface area contributed by atoms with E-state index < -0.39 is 24.1 Å². The molecule has 0 aliphatic heterocycles. The van der Waals surface area contributed by atoms with E-state index in [1.54, 1.807) is 13.8 Å². The molecule has 18 heavy (non-hydrogen) atoms. The lowest BCUT2D eigenvalue weighted by molar-refractivity contribution is -0.873. The van der Waals surface area contributed by atoms with Crippen LogP contribution in [0.3, 0.4) is 0 Å². The van der Waals surface area contributed by atoms with E-state index in [2.05, 4.69) is 0 Å². The van der Waals surface area contributed by atoms with Crippen LogP contribution in [-0.2, 0) is 14.3 Å². The zero-order chi connectivity index (χ0) is 14.5. The van der Waals surface area contributed by atoms with Gasteiger partial charge in [0.2, 0.25) is 0 Å². The fraction of sp³-hybridized carbons (Fsp3) is 0.833. The number of carboxylic acids is 1. The van der Waals surface area contributed by atoms with Gasteiger partial charge in [-0.15, -0.1) is 0 Å². The van der Waals surface area contributed by atoms with Crippen molar-refractivity contribution in [2.24, 2.45) is 11.7 Å². The van der Waals surface area contributed by atoms with E-state index >= 15 is 0 Å². The number of carboxylic acid groups (broad SMARTS) is 1. The first-order valence-electron chi connectivity index (χ1n) is 5.99. The molecular weight excluding hydrogens is 236 g/mol. The van der Waals surface area contributed by atoms with E-state index in [-0.39, 0.29) is 12.3 Å². The number of carbonyl (C=O) groups excluding carboxylic acids is 2. The Morgan fingerprint density at radius 3 is 2.11 bits per heavy atom. The number of carbonyl (C=O) groups is 2. The number of nitrogens with zero attached hydrogens (tertiary/aromatic N) is 1.